The van der Waals surface area contributed by atoms with Crippen molar-refractivity contribution in [3.8, 4) is 5.75 Å². The lowest BCUT2D eigenvalue weighted by molar-refractivity contribution is 0.0274. The van der Waals surface area contributed by atoms with Crippen LogP contribution >= 0.6 is 0 Å². The van der Waals surface area contributed by atoms with E-state index in [2.05, 4.69) is 10.6 Å². The molecular weight excluding hydrogens is 306 g/mol. The summed E-state index contributed by atoms with van der Waals surface area (Å²) in [4.78, 5) is 12.6. The maximum atomic E-state index is 12.6. The Bertz CT molecular complexity index is 730. The van der Waals surface area contributed by atoms with Crippen LogP contribution in [0.2, 0.25) is 0 Å². The summed E-state index contributed by atoms with van der Waals surface area (Å²) in [7, 11) is 3.49. The van der Waals surface area contributed by atoms with Crippen molar-refractivity contribution in [3.63, 3.8) is 0 Å². The van der Waals surface area contributed by atoms with E-state index in [1.807, 2.05) is 35.9 Å². The van der Waals surface area contributed by atoms with Crippen LogP contribution in [0.5, 0.6) is 5.75 Å². The summed E-state index contributed by atoms with van der Waals surface area (Å²) in [6, 6.07) is 7.60. The Balaban J connectivity index is 1.75. The van der Waals surface area contributed by atoms with Crippen molar-refractivity contribution >= 4 is 16.8 Å². The molecule has 1 atom stereocenters. The first-order valence-electron chi connectivity index (χ1n) is 8.37. The fourth-order valence-corrected chi connectivity index (χ4v) is 3.28. The van der Waals surface area contributed by atoms with Crippen LogP contribution in [-0.4, -0.2) is 47.9 Å². The van der Waals surface area contributed by atoms with Gasteiger partial charge in [0.2, 0.25) is 0 Å². The van der Waals surface area contributed by atoms with Gasteiger partial charge in [-0.2, -0.15) is 0 Å². The number of carbonyl (C=O) groups excluding carboxylic acids is 1. The van der Waals surface area contributed by atoms with Gasteiger partial charge in [0, 0.05) is 25.0 Å². The molecule has 130 valence electrons. The summed E-state index contributed by atoms with van der Waals surface area (Å²) < 4.78 is 7.10. The normalized spacial score (nSPS) is 21.5. The minimum atomic E-state index is -0.826. The molecule has 1 aliphatic rings. The van der Waals surface area contributed by atoms with Gasteiger partial charge in [-0.15, -0.1) is 0 Å². The molecule has 1 aliphatic heterocycles. The van der Waals surface area contributed by atoms with Crippen LogP contribution in [0.25, 0.3) is 10.9 Å². The Morgan fingerprint density at radius 3 is 3.00 bits per heavy atom. The molecule has 0 unspecified atom stereocenters. The molecule has 1 aromatic carbocycles. The van der Waals surface area contributed by atoms with Crippen molar-refractivity contribution < 1.29 is 14.6 Å². The molecule has 6 heteroatoms. The van der Waals surface area contributed by atoms with E-state index in [1.165, 1.54) is 0 Å². The number of hydrogen-bond acceptors (Lipinski definition) is 4. The summed E-state index contributed by atoms with van der Waals surface area (Å²) >= 11 is 0. The number of ether oxygens (including phenoxy) is 1. The maximum Gasteiger partial charge on any atom is 0.268 e. The summed E-state index contributed by atoms with van der Waals surface area (Å²) in [5.74, 6) is 0.592. The first kappa shape index (κ1) is 16.8. The summed E-state index contributed by atoms with van der Waals surface area (Å²) in [6.45, 7) is 1.97. The molecule has 3 rings (SSSR count). The van der Waals surface area contributed by atoms with E-state index in [9.17, 15) is 9.90 Å². The number of nitrogens with one attached hydrogen (secondary N) is 2. The van der Waals surface area contributed by atoms with Crippen molar-refractivity contribution in [2.45, 2.75) is 24.9 Å². The number of aliphatic hydroxyl groups is 1. The van der Waals surface area contributed by atoms with Gasteiger partial charge < -0.3 is 25.0 Å². The third-order valence-corrected chi connectivity index (χ3v) is 4.83. The number of aromatic nitrogens is 1. The minimum absolute atomic E-state index is 0.168. The van der Waals surface area contributed by atoms with Crippen molar-refractivity contribution in [1.29, 1.82) is 0 Å². The Kier molecular flexibility index (Phi) is 4.78. The number of fused-ring (bicyclic) bond motifs is 1. The van der Waals surface area contributed by atoms with Crippen LogP contribution in [0, 0.1) is 0 Å². The molecule has 0 spiro atoms. The zero-order valence-electron chi connectivity index (χ0n) is 14.3. The zero-order chi connectivity index (χ0) is 17.2. The van der Waals surface area contributed by atoms with Gasteiger partial charge >= 0.3 is 0 Å². The van der Waals surface area contributed by atoms with E-state index in [0.29, 0.717) is 18.5 Å². The third kappa shape index (κ3) is 3.39. The van der Waals surface area contributed by atoms with Crippen LogP contribution in [0.3, 0.4) is 0 Å². The number of carbonyl (C=O) groups is 1. The molecule has 3 N–H and O–H groups in total. The number of nitrogens with zero attached hydrogens (tertiary/aromatic N) is 1. The highest BCUT2D eigenvalue weighted by molar-refractivity contribution is 5.99. The van der Waals surface area contributed by atoms with Gasteiger partial charge in [0.15, 0.2) is 0 Å². The van der Waals surface area contributed by atoms with Crippen LogP contribution < -0.4 is 15.4 Å². The average Bonchev–Trinajstić information content (AvgIpc) is 2.77. The van der Waals surface area contributed by atoms with Crippen molar-refractivity contribution in [3.05, 3.63) is 30.0 Å². The number of rotatable bonds is 4. The molecule has 2 aromatic rings. The Hall–Kier alpha value is -2.05. The maximum absolute atomic E-state index is 12.6. The molecule has 0 radical (unpaired) electrons. The number of aryl methyl sites for hydroxylation is 1. The number of amides is 1. The van der Waals surface area contributed by atoms with Gasteiger partial charge in [-0.1, -0.05) is 0 Å². The highest BCUT2D eigenvalue weighted by Gasteiger charge is 2.28. The van der Waals surface area contributed by atoms with Crippen molar-refractivity contribution in [2.24, 2.45) is 7.05 Å². The lowest BCUT2D eigenvalue weighted by atomic mass is 9.95. The monoisotopic (exact) mass is 331 g/mol. The fraction of sp³-hybridized carbons (Fsp3) is 0.500. The molecule has 6 nitrogen and oxygen atoms in total. The standard InChI is InChI=1S/C18H25N3O3/c1-21-15-11-14(24-2)5-4-13(15)10-16(21)17(22)20-12-18(23)6-3-8-19-9-7-18/h4-5,10-11,19,23H,3,6-9,12H2,1-2H3,(H,20,22)/t18-/m0/s1. The Morgan fingerprint density at radius 2 is 2.21 bits per heavy atom. The SMILES string of the molecule is COc1ccc2cc(C(=O)NC[C@]3(O)CCCNCC3)n(C)c2c1. The number of benzene rings is 1. The second-order valence-electron chi connectivity index (χ2n) is 6.52. The Labute approximate surface area is 141 Å². The fourth-order valence-electron chi connectivity index (χ4n) is 3.28. The first-order chi connectivity index (χ1) is 11.5. The molecule has 0 saturated carbocycles. The highest BCUT2D eigenvalue weighted by Crippen LogP contribution is 2.24. The summed E-state index contributed by atoms with van der Waals surface area (Å²) in [5, 5.41) is 17.8. The minimum Gasteiger partial charge on any atom is -0.497 e. The second kappa shape index (κ2) is 6.83. The van der Waals surface area contributed by atoms with E-state index in [4.69, 9.17) is 4.74 Å². The van der Waals surface area contributed by atoms with E-state index in [1.54, 1.807) is 7.11 Å². The van der Waals surface area contributed by atoms with Crippen LogP contribution in [-0.2, 0) is 7.05 Å². The molecule has 0 bridgehead atoms. The number of hydrogen-bond donors (Lipinski definition) is 3. The predicted octanol–water partition coefficient (Wildman–Crippen LogP) is 1.42. The first-order valence-corrected chi connectivity index (χ1v) is 8.37. The Morgan fingerprint density at radius 1 is 1.38 bits per heavy atom. The average molecular weight is 331 g/mol. The van der Waals surface area contributed by atoms with E-state index < -0.39 is 5.60 Å². The van der Waals surface area contributed by atoms with Gasteiger partial charge in [0.05, 0.1) is 18.2 Å². The molecular formula is C18H25N3O3. The zero-order valence-corrected chi connectivity index (χ0v) is 14.3. The smallest absolute Gasteiger partial charge is 0.268 e. The molecule has 1 aromatic heterocycles. The van der Waals surface area contributed by atoms with Gasteiger partial charge in [0.1, 0.15) is 11.4 Å². The number of methoxy groups -OCH3 is 1. The largest absolute Gasteiger partial charge is 0.497 e. The second-order valence-corrected chi connectivity index (χ2v) is 6.52. The van der Waals surface area contributed by atoms with Crippen LogP contribution in [0.15, 0.2) is 24.3 Å². The summed E-state index contributed by atoms with van der Waals surface area (Å²) in [6.07, 6.45) is 2.27. The topological polar surface area (TPSA) is 75.5 Å². The lowest BCUT2D eigenvalue weighted by Crippen LogP contribution is -2.43. The molecule has 1 saturated heterocycles. The predicted molar refractivity (Wildman–Crippen MR) is 93.5 cm³/mol. The molecule has 1 amide bonds. The molecule has 2 heterocycles. The van der Waals surface area contributed by atoms with Crippen LogP contribution in [0.1, 0.15) is 29.8 Å². The summed E-state index contributed by atoms with van der Waals surface area (Å²) in [5.41, 5.74) is 0.693. The van der Waals surface area contributed by atoms with Crippen molar-refractivity contribution in [1.82, 2.24) is 15.2 Å². The van der Waals surface area contributed by atoms with Crippen LogP contribution in [0.4, 0.5) is 0 Å². The van der Waals surface area contributed by atoms with E-state index >= 15 is 0 Å². The van der Waals surface area contributed by atoms with Gasteiger partial charge in [-0.25, -0.2) is 0 Å². The molecule has 1 fully saturated rings. The van der Waals surface area contributed by atoms with Gasteiger partial charge in [-0.3, -0.25) is 4.79 Å². The van der Waals surface area contributed by atoms with E-state index in [-0.39, 0.29) is 12.5 Å². The van der Waals surface area contributed by atoms with E-state index in [0.717, 1.165) is 36.2 Å². The highest BCUT2D eigenvalue weighted by atomic mass is 16.5. The third-order valence-electron chi connectivity index (χ3n) is 4.83. The molecule has 0 aliphatic carbocycles. The quantitative estimate of drug-likeness (QED) is 0.792. The van der Waals surface area contributed by atoms with Gasteiger partial charge in [-0.05, 0) is 50.6 Å². The lowest BCUT2D eigenvalue weighted by Gasteiger charge is -2.26. The van der Waals surface area contributed by atoms with Crippen molar-refractivity contribution in [2.75, 3.05) is 26.7 Å². The molecule has 24 heavy (non-hydrogen) atoms. The van der Waals surface area contributed by atoms with Gasteiger partial charge in [0.25, 0.3) is 5.91 Å².